The first-order valence-electron chi connectivity index (χ1n) is 7.98. The van der Waals surface area contributed by atoms with Crippen LogP contribution in [0.5, 0.6) is 0 Å². The van der Waals surface area contributed by atoms with Crippen molar-refractivity contribution >= 4 is 0 Å². The highest BCUT2D eigenvalue weighted by Crippen LogP contribution is 2.39. The van der Waals surface area contributed by atoms with Gasteiger partial charge in [-0.25, -0.2) is 0 Å². The number of hydrogen-bond acceptors (Lipinski definition) is 1. The Morgan fingerprint density at radius 2 is 2.00 bits per heavy atom. The molecule has 0 aromatic rings. The Bertz CT molecular complexity index is 297. The molecule has 0 N–H and O–H groups in total. The lowest BCUT2D eigenvalue weighted by atomic mass is 9.73. The lowest BCUT2D eigenvalue weighted by molar-refractivity contribution is 0.159. The average Bonchev–Trinajstić information content (AvgIpc) is 2.38. The van der Waals surface area contributed by atoms with E-state index in [1.807, 2.05) is 0 Å². The zero-order valence-corrected chi connectivity index (χ0v) is 12.8. The number of nitrogens with zero attached hydrogens (tertiary/aromatic N) is 1. The molecular formula is C17H31N. The van der Waals surface area contributed by atoms with Gasteiger partial charge in [0, 0.05) is 18.3 Å². The average molecular weight is 249 g/mol. The summed E-state index contributed by atoms with van der Waals surface area (Å²) >= 11 is 0. The third-order valence-electron chi connectivity index (χ3n) is 5.08. The maximum absolute atomic E-state index is 2.74. The molecule has 2 atom stereocenters. The van der Waals surface area contributed by atoms with Gasteiger partial charge in [-0.2, -0.15) is 0 Å². The Morgan fingerprint density at radius 3 is 2.56 bits per heavy atom. The second kappa shape index (κ2) is 5.67. The van der Waals surface area contributed by atoms with Crippen molar-refractivity contribution in [2.45, 2.75) is 78.7 Å². The fraction of sp³-hybridized carbons (Fsp3) is 0.882. The van der Waals surface area contributed by atoms with Gasteiger partial charge in [-0.1, -0.05) is 33.8 Å². The highest BCUT2D eigenvalue weighted by molar-refractivity contribution is 5.09. The van der Waals surface area contributed by atoms with Crippen LogP contribution in [0.25, 0.3) is 0 Å². The van der Waals surface area contributed by atoms with Crippen LogP contribution in [-0.4, -0.2) is 17.5 Å². The molecule has 0 aromatic heterocycles. The molecule has 1 heteroatoms. The highest BCUT2D eigenvalue weighted by atomic mass is 15.2. The summed E-state index contributed by atoms with van der Waals surface area (Å²) in [5, 5.41) is 0. The van der Waals surface area contributed by atoms with Gasteiger partial charge in [0.05, 0.1) is 0 Å². The molecule has 1 aliphatic carbocycles. The lowest BCUT2D eigenvalue weighted by Gasteiger charge is -2.42. The topological polar surface area (TPSA) is 3.24 Å². The van der Waals surface area contributed by atoms with E-state index in [-0.39, 0.29) is 0 Å². The smallest absolute Gasteiger partial charge is 0.0284 e. The SMILES string of the molecule is CCC1CCCCN1C1=CCC(C(C)(C)C)CC1. The summed E-state index contributed by atoms with van der Waals surface area (Å²) < 4.78 is 0. The molecule has 2 rings (SSSR count). The molecule has 0 amide bonds. The highest BCUT2D eigenvalue weighted by Gasteiger charge is 2.29. The van der Waals surface area contributed by atoms with Gasteiger partial charge in [-0.05, 0) is 56.3 Å². The van der Waals surface area contributed by atoms with Crippen LogP contribution in [0.2, 0.25) is 0 Å². The van der Waals surface area contributed by atoms with Gasteiger partial charge in [-0.15, -0.1) is 0 Å². The molecule has 104 valence electrons. The quantitative estimate of drug-likeness (QED) is 0.667. The van der Waals surface area contributed by atoms with Crippen molar-refractivity contribution in [3.05, 3.63) is 11.8 Å². The van der Waals surface area contributed by atoms with Crippen LogP contribution in [0, 0.1) is 11.3 Å². The molecule has 1 heterocycles. The minimum absolute atomic E-state index is 0.480. The van der Waals surface area contributed by atoms with Crippen LogP contribution in [0.4, 0.5) is 0 Å². The molecule has 0 radical (unpaired) electrons. The third-order valence-corrected chi connectivity index (χ3v) is 5.08. The largest absolute Gasteiger partial charge is 0.372 e. The first-order chi connectivity index (χ1) is 8.52. The summed E-state index contributed by atoms with van der Waals surface area (Å²) in [7, 11) is 0. The molecule has 0 spiro atoms. The molecule has 18 heavy (non-hydrogen) atoms. The van der Waals surface area contributed by atoms with Gasteiger partial charge in [0.1, 0.15) is 0 Å². The third kappa shape index (κ3) is 3.10. The Hall–Kier alpha value is -0.460. The molecule has 0 saturated carbocycles. The summed E-state index contributed by atoms with van der Waals surface area (Å²) in [5.74, 6) is 0.881. The second-order valence-electron chi connectivity index (χ2n) is 7.28. The van der Waals surface area contributed by atoms with E-state index >= 15 is 0 Å². The Morgan fingerprint density at radius 1 is 1.22 bits per heavy atom. The van der Waals surface area contributed by atoms with Crippen LogP contribution in [-0.2, 0) is 0 Å². The van der Waals surface area contributed by atoms with Gasteiger partial charge in [0.2, 0.25) is 0 Å². The first kappa shape index (κ1) is 14.0. The molecule has 2 aliphatic rings. The number of rotatable bonds is 2. The predicted molar refractivity (Wildman–Crippen MR) is 79.5 cm³/mol. The van der Waals surface area contributed by atoms with Crippen LogP contribution < -0.4 is 0 Å². The summed E-state index contributed by atoms with van der Waals surface area (Å²) in [6.45, 7) is 10.8. The van der Waals surface area contributed by atoms with E-state index in [0.29, 0.717) is 5.41 Å². The van der Waals surface area contributed by atoms with E-state index in [1.54, 1.807) is 5.70 Å². The zero-order valence-electron chi connectivity index (χ0n) is 12.8. The maximum Gasteiger partial charge on any atom is 0.0284 e. The maximum atomic E-state index is 2.74. The van der Waals surface area contributed by atoms with E-state index in [9.17, 15) is 0 Å². The van der Waals surface area contributed by atoms with Crippen molar-refractivity contribution < 1.29 is 0 Å². The van der Waals surface area contributed by atoms with Crippen LogP contribution in [0.1, 0.15) is 72.6 Å². The van der Waals surface area contributed by atoms with E-state index in [0.717, 1.165) is 12.0 Å². The molecule has 1 nitrogen and oxygen atoms in total. The standard InChI is InChI=1S/C17H31N/c1-5-15-8-6-7-13-18(15)16-11-9-14(10-12-16)17(2,3)4/h11,14-15H,5-10,12-13H2,1-4H3. The predicted octanol–water partition coefficient (Wildman–Crippen LogP) is 4.98. The van der Waals surface area contributed by atoms with Crippen molar-refractivity contribution in [2.75, 3.05) is 6.54 Å². The summed E-state index contributed by atoms with van der Waals surface area (Å²) in [4.78, 5) is 2.74. The molecule has 0 bridgehead atoms. The summed E-state index contributed by atoms with van der Waals surface area (Å²) in [6, 6.07) is 0.830. The summed E-state index contributed by atoms with van der Waals surface area (Å²) in [6.07, 6.45) is 12.1. The molecular weight excluding hydrogens is 218 g/mol. The fourth-order valence-corrected chi connectivity index (χ4v) is 3.67. The minimum atomic E-state index is 0.480. The van der Waals surface area contributed by atoms with E-state index in [2.05, 4.69) is 38.7 Å². The Kier molecular flexibility index (Phi) is 4.40. The molecule has 1 saturated heterocycles. The van der Waals surface area contributed by atoms with Gasteiger partial charge < -0.3 is 4.90 Å². The van der Waals surface area contributed by atoms with Crippen molar-refractivity contribution in [1.82, 2.24) is 4.90 Å². The number of likely N-dealkylation sites (tertiary alicyclic amines) is 1. The second-order valence-corrected chi connectivity index (χ2v) is 7.28. The first-order valence-corrected chi connectivity index (χ1v) is 7.98. The van der Waals surface area contributed by atoms with Crippen molar-refractivity contribution in [3.63, 3.8) is 0 Å². The fourth-order valence-electron chi connectivity index (χ4n) is 3.67. The van der Waals surface area contributed by atoms with Crippen LogP contribution in [0.15, 0.2) is 11.8 Å². The lowest BCUT2D eigenvalue weighted by Crippen LogP contribution is -2.39. The molecule has 1 aliphatic heterocycles. The normalized spacial score (nSPS) is 30.2. The number of hydrogen-bond donors (Lipinski definition) is 0. The summed E-state index contributed by atoms with van der Waals surface area (Å²) in [5.41, 5.74) is 2.15. The van der Waals surface area contributed by atoms with Gasteiger partial charge in [0.25, 0.3) is 0 Å². The van der Waals surface area contributed by atoms with Crippen LogP contribution in [0.3, 0.4) is 0 Å². The molecule has 0 aromatic carbocycles. The van der Waals surface area contributed by atoms with Crippen molar-refractivity contribution in [2.24, 2.45) is 11.3 Å². The van der Waals surface area contributed by atoms with E-state index in [4.69, 9.17) is 0 Å². The zero-order chi connectivity index (χ0) is 13.2. The number of allylic oxidation sites excluding steroid dienone is 2. The molecule has 2 unspecified atom stereocenters. The van der Waals surface area contributed by atoms with E-state index in [1.165, 1.54) is 51.5 Å². The number of piperidine rings is 1. The monoisotopic (exact) mass is 249 g/mol. The Labute approximate surface area is 114 Å². The van der Waals surface area contributed by atoms with Crippen molar-refractivity contribution in [3.8, 4) is 0 Å². The Balaban J connectivity index is 2.00. The van der Waals surface area contributed by atoms with E-state index < -0.39 is 0 Å². The van der Waals surface area contributed by atoms with Gasteiger partial charge in [0.15, 0.2) is 0 Å². The van der Waals surface area contributed by atoms with Gasteiger partial charge >= 0.3 is 0 Å². The van der Waals surface area contributed by atoms with Crippen LogP contribution >= 0.6 is 0 Å². The van der Waals surface area contributed by atoms with Gasteiger partial charge in [-0.3, -0.25) is 0 Å². The minimum Gasteiger partial charge on any atom is -0.372 e. The van der Waals surface area contributed by atoms with Crippen molar-refractivity contribution in [1.29, 1.82) is 0 Å². The molecule has 1 fully saturated rings.